The molecule has 2 aliphatic rings. The lowest BCUT2D eigenvalue weighted by Crippen LogP contribution is -2.76. The highest BCUT2D eigenvalue weighted by atomic mass is 32.1. The van der Waals surface area contributed by atoms with Crippen LogP contribution >= 0.6 is 11.3 Å². The number of piperazine rings is 1. The van der Waals surface area contributed by atoms with E-state index in [1.165, 1.54) is 11.3 Å². The summed E-state index contributed by atoms with van der Waals surface area (Å²) in [5.74, 6) is -0.498. The molecule has 3 heterocycles. The topological polar surface area (TPSA) is 139 Å². The van der Waals surface area contributed by atoms with Gasteiger partial charge in [0.05, 0.1) is 28.8 Å². The fourth-order valence-electron chi connectivity index (χ4n) is 6.02. The number of para-hydroxylation sites is 1. The molecule has 2 aliphatic heterocycles. The van der Waals surface area contributed by atoms with Gasteiger partial charge in [-0.1, -0.05) is 72.8 Å². The molecule has 45 heavy (non-hydrogen) atoms. The van der Waals surface area contributed by atoms with Gasteiger partial charge in [0.1, 0.15) is 18.0 Å². The number of hydrogen-bond donors (Lipinski definition) is 3. The number of urea groups is 1. The van der Waals surface area contributed by atoms with Gasteiger partial charge in [0.25, 0.3) is 0 Å². The van der Waals surface area contributed by atoms with Crippen LogP contribution in [0.5, 0.6) is 0 Å². The number of nitrogens with two attached hydrogens (primary N) is 1. The summed E-state index contributed by atoms with van der Waals surface area (Å²) in [5, 5.41) is 14.0. The summed E-state index contributed by atoms with van der Waals surface area (Å²) in [6, 6.07) is 21.4. The summed E-state index contributed by atoms with van der Waals surface area (Å²) in [4.78, 5) is 49.9. The van der Waals surface area contributed by atoms with Gasteiger partial charge in [0, 0.05) is 31.6 Å². The van der Waals surface area contributed by atoms with Crippen LogP contribution in [0, 0.1) is 5.41 Å². The Morgan fingerprint density at radius 2 is 1.84 bits per heavy atom. The summed E-state index contributed by atoms with van der Waals surface area (Å²) in [5.41, 5.74) is 11.5. The van der Waals surface area contributed by atoms with Crippen molar-refractivity contribution in [2.45, 2.75) is 31.7 Å². The lowest BCUT2D eigenvalue weighted by Gasteiger charge is -2.55. The first-order valence-corrected chi connectivity index (χ1v) is 15.5. The lowest BCUT2D eigenvalue weighted by molar-refractivity contribution is -0.189. The minimum absolute atomic E-state index is 0.0524. The van der Waals surface area contributed by atoms with Crippen molar-refractivity contribution < 1.29 is 14.4 Å². The van der Waals surface area contributed by atoms with Crippen LogP contribution in [0.2, 0.25) is 0 Å². The van der Waals surface area contributed by atoms with Crippen LogP contribution in [0.3, 0.4) is 0 Å². The molecule has 6 rings (SSSR count). The maximum absolute atomic E-state index is 14.3. The van der Waals surface area contributed by atoms with Crippen LogP contribution in [0.15, 0.2) is 91.0 Å². The first kappa shape index (κ1) is 30.0. The van der Waals surface area contributed by atoms with Crippen LogP contribution in [-0.4, -0.2) is 80.3 Å². The Kier molecular flexibility index (Phi) is 8.58. The number of carbonyl (C=O) groups excluding carboxylic acids is 3. The van der Waals surface area contributed by atoms with E-state index in [1.807, 2.05) is 60.7 Å². The predicted molar refractivity (Wildman–Crippen MR) is 173 cm³/mol. The highest BCUT2D eigenvalue weighted by Gasteiger charge is 2.51. The molecule has 0 saturated carbocycles. The highest BCUT2D eigenvalue weighted by molar-refractivity contribution is 7.16. The molecule has 0 radical (unpaired) electrons. The number of nitrogens with zero attached hydrogens (tertiary/aromatic N) is 5. The third-order valence-corrected chi connectivity index (χ3v) is 8.96. The van der Waals surface area contributed by atoms with E-state index >= 15 is 0 Å². The van der Waals surface area contributed by atoms with Crippen molar-refractivity contribution in [1.29, 1.82) is 5.41 Å². The number of amides is 4. The molecule has 0 bridgehead atoms. The molecule has 0 aliphatic carbocycles. The Hall–Kier alpha value is -5.07. The van der Waals surface area contributed by atoms with Crippen molar-refractivity contribution in [2.24, 2.45) is 5.73 Å². The summed E-state index contributed by atoms with van der Waals surface area (Å²) < 4.78 is 1.02. The number of hydrazine groups is 1. The molecule has 4 N–H and O–H groups in total. The van der Waals surface area contributed by atoms with Crippen molar-refractivity contribution in [3.05, 3.63) is 113 Å². The number of rotatable bonds is 9. The lowest BCUT2D eigenvalue weighted by atomic mass is 9.97. The van der Waals surface area contributed by atoms with Crippen LogP contribution in [0.1, 0.15) is 22.3 Å². The molecule has 230 valence electrons. The first-order chi connectivity index (χ1) is 21.8. The van der Waals surface area contributed by atoms with E-state index in [0.717, 1.165) is 26.9 Å². The third kappa shape index (κ3) is 6.15. The van der Waals surface area contributed by atoms with Gasteiger partial charge in [-0.2, -0.15) is 0 Å². The standard InChI is InChI=1S/C33H34N8O3S/c1-2-15-39-20-29(42)40-26(16-22-11-13-24(14-12-22)31(34)35)32(43)38(18-25-9-6-10-27-30(25)37-21-45-27)19-28(40)41(39)33(44)36-17-23-7-4-3-5-8-23/h2-14,21,26,28H,1,15-20H2,(H3,34,35)(H,36,44). The van der Waals surface area contributed by atoms with Gasteiger partial charge in [0.2, 0.25) is 11.8 Å². The Balaban J connectivity index is 1.36. The zero-order chi connectivity index (χ0) is 31.5. The molecule has 3 aromatic carbocycles. The molecular formula is C33H34N8O3S. The van der Waals surface area contributed by atoms with Crippen molar-refractivity contribution in [3.8, 4) is 0 Å². The number of hydrogen-bond acceptors (Lipinski definition) is 7. The summed E-state index contributed by atoms with van der Waals surface area (Å²) in [6.07, 6.45) is 1.14. The quantitative estimate of drug-likeness (QED) is 0.149. The maximum atomic E-state index is 14.3. The molecule has 4 aromatic rings. The van der Waals surface area contributed by atoms with E-state index in [1.54, 1.807) is 43.5 Å². The van der Waals surface area contributed by atoms with E-state index in [2.05, 4.69) is 16.9 Å². The van der Waals surface area contributed by atoms with Gasteiger partial charge in [-0.3, -0.25) is 15.0 Å². The Labute approximate surface area is 265 Å². The van der Waals surface area contributed by atoms with Gasteiger partial charge in [-0.25, -0.2) is 19.8 Å². The number of thiazole rings is 1. The van der Waals surface area contributed by atoms with Crippen molar-refractivity contribution in [1.82, 2.24) is 30.1 Å². The summed E-state index contributed by atoms with van der Waals surface area (Å²) in [7, 11) is 0. The predicted octanol–water partition coefficient (Wildman–Crippen LogP) is 3.32. The van der Waals surface area contributed by atoms with E-state index < -0.39 is 12.2 Å². The largest absolute Gasteiger partial charge is 0.384 e. The van der Waals surface area contributed by atoms with Crippen LogP contribution in [-0.2, 0) is 29.1 Å². The second-order valence-electron chi connectivity index (χ2n) is 11.1. The van der Waals surface area contributed by atoms with E-state index in [4.69, 9.17) is 11.1 Å². The Bertz CT molecular complexity index is 1740. The minimum Gasteiger partial charge on any atom is -0.384 e. The van der Waals surface area contributed by atoms with E-state index in [-0.39, 0.29) is 56.3 Å². The average Bonchev–Trinajstić information content (AvgIpc) is 3.53. The average molecular weight is 623 g/mol. The second kappa shape index (κ2) is 12.9. The molecule has 2 unspecified atom stereocenters. The fraction of sp³-hybridized carbons (Fsp3) is 0.242. The molecule has 4 amide bonds. The zero-order valence-electron chi connectivity index (χ0n) is 24.6. The highest BCUT2D eigenvalue weighted by Crippen LogP contribution is 2.31. The SMILES string of the molecule is C=CCN1CC(=O)N2C(Cc3ccc(C(=N)N)cc3)C(=O)N(Cc3cccc4scnc34)CC2N1C(=O)NCc1ccccc1. The molecule has 2 saturated heterocycles. The number of nitrogens with one attached hydrogen (secondary N) is 2. The normalized spacial score (nSPS) is 18.6. The van der Waals surface area contributed by atoms with E-state index in [9.17, 15) is 14.4 Å². The first-order valence-electron chi connectivity index (χ1n) is 14.6. The number of carbonyl (C=O) groups is 3. The maximum Gasteiger partial charge on any atom is 0.334 e. The van der Waals surface area contributed by atoms with Gasteiger partial charge < -0.3 is 20.9 Å². The van der Waals surface area contributed by atoms with Gasteiger partial charge in [-0.05, 0) is 22.8 Å². The van der Waals surface area contributed by atoms with Crippen molar-refractivity contribution in [2.75, 3.05) is 19.6 Å². The molecule has 2 fully saturated rings. The number of aromatic nitrogens is 1. The van der Waals surface area contributed by atoms with Gasteiger partial charge >= 0.3 is 6.03 Å². The molecule has 11 nitrogen and oxygen atoms in total. The number of nitrogen functional groups attached to an aromatic ring is 1. The third-order valence-electron chi connectivity index (χ3n) is 8.16. The van der Waals surface area contributed by atoms with Gasteiger partial charge in [-0.15, -0.1) is 17.9 Å². The van der Waals surface area contributed by atoms with Crippen LogP contribution in [0.25, 0.3) is 10.2 Å². The van der Waals surface area contributed by atoms with E-state index in [0.29, 0.717) is 12.1 Å². The monoisotopic (exact) mass is 622 g/mol. The minimum atomic E-state index is -0.857. The Morgan fingerprint density at radius 3 is 2.58 bits per heavy atom. The van der Waals surface area contributed by atoms with Gasteiger partial charge in [0.15, 0.2) is 0 Å². The molecule has 2 atom stereocenters. The number of fused-ring (bicyclic) bond motifs is 2. The number of benzene rings is 3. The zero-order valence-corrected chi connectivity index (χ0v) is 25.5. The van der Waals surface area contributed by atoms with Crippen LogP contribution in [0.4, 0.5) is 4.79 Å². The molecule has 1 aromatic heterocycles. The molecular weight excluding hydrogens is 588 g/mol. The smallest absolute Gasteiger partial charge is 0.334 e. The summed E-state index contributed by atoms with van der Waals surface area (Å²) in [6.45, 7) is 4.75. The van der Waals surface area contributed by atoms with Crippen molar-refractivity contribution >= 4 is 45.2 Å². The molecule has 12 heteroatoms. The molecule has 0 spiro atoms. The van der Waals surface area contributed by atoms with Crippen molar-refractivity contribution in [3.63, 3.8) is 0 Å². The second-order valence-corrected chi connectivity index (χ2v) is 12.0. The van der Waals surface area contributed by atoms with Crippen LogP contribution < -0.4 is 11.1 Å². The Morgan fingerprint density at radius 1 is 1.07 bits per heavy atom. The summed E-state index contributed by atoms with van der Waals surface area (Å²) >= 11 is 1.53. The fourth-order valence-corrected chi connectivity index (χ4v) is 6.74. The number of amidine groups is 1.